The largest absolute Gasteiger partial charge is 0.389 e. The molecule has 0 unspecified atom stereocenters. The predicted octanol–water partition coefficient (Wildman–Crippen LogP) is 2.07. The fourth-order valence-corrected chi connectivity index (χ4v) is 2.14. The molecule has 1 aromatic carbocycles. The Balaban J connectivity index is 3.12. The number of hydrogen-bond donors (Lipinski definition) is 2. The molecular weight excluding hydrogens is 282 g/mol. The zero-order valence-electron chi connectivity index (χ0n) is 10.9. The molecule has 0 saturated carbocycles. The molecule has 1 amide bonds. The van der Waals surface area contributed by atoms with Crippen LogP contribution >= 0.6 is 23.8 Å². The average Bonchev–Trinajstić information content (AvgIpc) is 2.34. The molecule has 0 aromatic heterocycles. The van der Waals surface area contributed by atoms with Crippen LogP contribution in [0.4, 0.5) is 5.69 Å². The summed E-state index contributed by atoms with van der Waals surface area (Å²) in [6.45, 7) is 2.94. The van der Waals surface area contributed by atoms with Crippen molar-refractivity contribution in [1.29, 1.82) is 0 Å². The number of nitrogens with two attached hydrogens (primary N) is 2. The molecule has 0 heterocycles. The number of thiocarbonyl (C=S) groups is 1. The third kappa shape index (κ3) is 4.69. The molecule has 1 aromatic rings. The summed E-state index contributed by atoms with van der Waals surface area (Å²) in [4.78, 5) is 13.3. The Bertz CT molecular complexity index is 479. The number of nitrogens with zero attached hydrogens (tertiary/aromatic N) is 1. The number of hydrogen-bond acceptors (Lipinski definition) is 3. The quantitative estimate of drug-likeness (QED) is 0.756. The molecule has 0 bridgehead atoms. The van der Waals surface area contributed by atoms with Gasteiger partial charge in [-0.15, -0.1) is 0 Å². The van der Waals surface area contributed by atoms with Crippen molar-refractivity contribution in [2.24, 2.45) is 11.5 Å². The van der Waals surface area contributed by atoms with Crippen LogP contribution in [0.25, 0.3) is 0 Å². The molecule has 0 aliphatic heterocycles. The standard InChI is InChI=1S/C13H18ClN3OS/c1-2-3-6-17(8-12(15)18)11-5-4-9(14)7-10(11)13(16)19/h4-5,7H,2-3,6,8H2,1H3,(H2,15,18)(H2,16,19). The molecule has 4 nitrogen and oxygen atoms in total. The lowest BCUT2D eigenvalue weighted by molar-refractivity contribution is -0.116. The third-order valence-corrected chi connectivity index (χ3v) is 3.15. The van der Waals surface area contributed by atoms with E-state index in [0.29, 0.717) is 10.6 Å². The van der Waals surface area contributed by atoms with Gasteiger partial charge in [-0.25, -0.2) is 0 Å². The number of amides is 1. The predicted molar refractivity (Wildman–Crippen MR) is 83.7 cm³/mol. The van der Waals surface area contributed by atoms with Crippen LogP contribution in [0.15, 0.2) is 18.2 Å². The fourth-order valence-electron chi connectivity index (χ4n) is 1.80. The normalized spacial score (nSPS) is 10.2. The van der Waals surface area contributed by atoms with Crippen molar-refractivity contribution in [3.05, 3.63) is 28.8 Å². The van der Waals surface area contributed by atoms with Crippen molar-refractivity contribution < 1.29 is 4.79 Å². The van der Waals surface area contributed by atoms with Crippen LogP contribution in [-0.4, -0.2) is 24.0 Å². The smallest absolute Gasteiger partial charge is 0.236 e. The molecule has 1 rings (SSSR count). The van der Waals surface area contributed by atoms with E-state index >= 15 is 0 Å². The van der Waals surface area contributed by atoms with Crippen LogP contribution in [0.2, 0.25) is 5.02 Å². The first kappa shape index (κ1) is 15.7. The zero-order valence-corrected chi connectivity index (χ0v) is 12.4. The number of rotatable bonds is 7. The van der Waals surface area contributed by atoms with Gasteiger partial charge in [-0.1, -0.05) is 37.2 Å². The van der Waals surface area contributed by atoms with Gasteiger partial charge in [-0.3, -0.25) is 4.79 Å². The van der Waals surface area contributed by atoms with Gasteiger partial charge < -0.3 is 16.4 Å². The van der Waals surface area contributed by atoms with Crippen LogP contribution < -0.4 is 16.4 Å². The summed E-state index contributed by atoms with van der Waals surface area (Å²) in [5.41, 5.74) is 12.5. The van der Waals surface area contributed by atoms with Gasteiger partial charge in [0.15, 0.2) is 0 Å². The summed E-state index contributed by atoms with van der Waals surface area (Å²) in [7, 11) is 0. The number of halogens is 1. The first-order valence-electron chi connectivity index (χ1n) is 6.08. The highest BCUT2D eigenvalue weighted by molar-refractivity contribution is 7.80. The van der Waals surface area contributed by atoms with E-state index in [9.17, 15) is 4.79 Å². The molecule has 0 fully saturated rings. The molecule has 0 spiro atoms. The Hall–Kier alpha value is -1.33. The van der Waals surface area contributed by atoms with Gasteiger partial charge in [0.05, 0.1) is 6.54 Å². The summed E-state index contributed by atoms with van der Waals surface area (Å²) >= 11 is 11.0. The average molecular weight is 300 g/mol. The molecule has 0 aliphatic carbocycles. The van der Waals surface area contributed by atoms with E-state index in [1.54, 1.807) is 12.1 Å². The lowest BCUT2D eigenvalue weighted by Gasteiger charge is -2.25. The van der Waals surface area contributed by atoms with Gasteiger partial charge in [0.1, 0.15) is 4.99 Å². The highest BCUT2D eigenvalue weighted by atomic mass is 35.5. The van der Waals surface area contributed by atoms with E-state index in [-0.39, 0.29) is 17.4 Å². The maximum atomic E-state index is 11.2. The van der Waals surface area contributed by atoms with Gasteiger partial charge in [0.25, 0.3) is 0 Å². The van der Waals surface area contributed by atoms with Crippen LogP contribution in [-0.2, 0) is 4.79 Å². The summed E-state index contributed by atoms with van der Waals surface area (Å²) in [6, 6.07) is 5.27. The Morgan fingerprint density at radius 3 is 2.63 bits per heavy atom. The molecular formula is C13H18ClN3OS. The molecule has 0 saturated heterocycles. The summed E-state index contributed by atoms with van der Waals surface area (Å²) in [5, 5.41) is 0.557. The van der Waals surface area contributed by atoms with Gasteiger partial charge in [0, 0.05) is 22.8 Å². The Labute approximate surface area is 123 Å². The number of benzene rings is 1. The van der Waals surface area contributed by atoms with E-state index in [0.717, 1.165) is 25.1 Å². The maximum Gasteiger partial charge on any atom is 0.236 e. The summed E-state index contributed by atoms with van der Waals surface area (Å²) < 4.78 is 0. The lowest BCUT2D eigenvalue weighted by atomic mass is 10.1. The van der Waals surface area contributed by atoms with Gasteiger partial charge in [0.2, 0.25) is 5.91 Å². The highest BCUT2D eigenvalue weighted by Crippen LogP contribution is 2.24. The number of anilines is 1. The number of carbonyl (C=O) groups is 1. The molecule has 4 N–H and O–H groups in total. The van der Waals surface area contributed by atoms with E-state index in [2.05, 4.69) is 6.92 Å². The number of primary amides is 1. The molecule has 0 atom stereocenters. The lowest BCUT2D eigenvalue weighted by Crippen LogP contribution is -2.35. The minimum absolute atomic E-state index is 0.136. The molecule has 0 radical (unpaired) electrons. The van der Waals surface area contributed by atoms with Crippen molar-refractivity contribution >= 4 is 40.4 Å². The minimum atomic E-state index is -0.389. The van der Waals surface area contributed by atoms with Crippen LogP contribution in [0.5, 0.6) is 0 Å². The minimum Gasteiger partial charge on any atom is -0.389 e. The maximum absolute atomic E-state index is 11.2. The van der Waals surface area contributed by atoms with Crippen molar-refractivity contribution in [2.75, 3.05) is 18.0 Å². The monoisotopic (exact) mass is 299 g/mol. The van der Waals surface area contributed by atoms with Gasteiger partial charge in [-0.2, -0.15) is 0 Å². The molecule has 0 aliphatic rings. The molecule has 104 valence electrons. The Morgan fingerprint density at radius 2 is 2.11 bits per heavy atom. The number of carbonyl (C=O) groups excluding carboxylic acids is 1. The van der Waals surface area contributed by atoms with E-state index in [1.807, 2.05) is 11.0 Å². The number of unbranched alkanes of at least 4 members (excludes halogenated alkanes) is 1. The third-order valence-electron chi connectivity index (χ3n) is 2.69. The SMILES string of the molecule is CCCCN(CC(N)=O)c1ccc(Cl)cc1C(N)=S. The van der Waals surface area contributed by atoms with E-state index < -0.39 is 0 Å². The van der Waals surface area contributed by atoms with E-state index in [4.69, 9.17) is 35.3 Å². The fraction of sp³-hybridized carbons (Fsp3) is 0.385. The zero-order chi connectivity index (χ0) is 14.4. The van der Waals surface area contributed by atoms with Crippen molar-refractivity contribution in [3.63, 3.8) is 0 Å². The van der Waals surface area contributed by atoms with Gasteiger partial charge >= 0.3 is 0 Å². The molecule has 6 heteroatoms. The van der Waals surface area contributed by atoms with Crippen molar-refractivity contribution in [1.82, 2.24) is 0 Å². The van der Waals surface area contributed by atoms with Crippen LogP contribution in [0.3, 0.4) is 0 Å². The second kappa shape index (κ2) is 7.31. The first-order chi connectivity index (χ1) is 8.95. The first-order valence-corrected chi connectivity index (χ1v) is 6.87. The molecule has 19 heavy (non-hydrogen) atoms. The second-order valence-electron chi connectivity index (χ2n) is 4.27. The Kier molecular flexibility index (Phi) is 6.05. The van der Waals surface area contributed by atoms with Crippen molar-refractivity contribution in [3.8, 4) is 0 Å². The summed E-state index contributed by atoms with van der Waals surface area (Å²) in [5.74, 6) is -0.389. The van der Waals surface area contributed by atoms with Crippen molar-refractivity contribution in [2.45, 2.75) is 19.8 Å². The van der Waals surface area contributed by atoms with Gasteiger partial charge in [-0.05, 0) is 24.6 Å². The summed E-state index contributed by atoms with van der Waals surface area (Å²) in [6.07, 6.45) is 1.97. The van der Waals surface area contributed by atoms with E-state index in [1.165, 1.54) is 0 Å². The van der Waals surface area contributed by atoms with Crippen LogP contribution in [0, 0.1) is 0 Å². The topological polar surface area (TPSA) is 72.3 Å². The van der Waals surface area contributed by atoms with Crippen LogP contribution in [0.1, 0.15) is 25.3 Å². The Morgan fingerprint density at radius 1 is 1.42 bits per heavy atom. The second-order valence-corrected chi connectivity index (χ2v) is 5.14. The highest BCUT2D eigenvalue weighted by Gasteiger charge is 2.15.